The molecule has 1 rings (SSSR count). The van der Waals surface area contributed by atoms with Crippen LogP contribution in [0.2, 0.25) is 0 Å². The number of hydrogen-bond acceptors (Lipinski definition) is 0. The molecule has 0 unspecified atom stereocenters. The Hall–Kier alpha value is -1.13. The van der Waals surface area contributed by atoms with Gasteiger partial charge in [-0.25, -0.2) is 8.78 Å². The third kappa shape index (κ3) is 2.17. The van der Waals surface area contributed by atoms with Crippen LogP contribution in [-0.4, -0.2) is 0 Å². The van der Waals surface area contributed by atoms with Gasteiger partial charge in [0.25, 0.3) is 6.43 Å². The van der Waals surface area contributed by atoms with Crippen molar-refractivity contribution in [1.29, 1.82) is 0 Å². The smallest absolute Gasteiger partial charge is 0.205 e. The van der Waals surface area contributed by atoms with E-state index >= 15 is 0 Å². The van der Waals surface area contributed by atoms with Crippen LogP contribution in [0.1, 0.15) is 17.6 Å². The Morgan fingerprint density at radius 2 is 1.85 bits per heavy atom. The monoisotopic (exact) mass is 195 g/mol. The Bertz CT molecular complexity index is 289. The van der Waals surface area contributed by atoms with Gasteiger partial charge >= 0.3 is 6.18 Å². The SMILES string of the molecule is FC(F)c1cc[c]cc1C(F)(F)F. The molecule has 5 heteroatoms. The fourth-order valence-electron chi connectivity index (χ4n) is 0.878. The van der Waals surface area contributed by atoms with E-state index in [1.165, 1.54) is 0 Å². The average Bonchev–Trinajstić information content (AvgIpc) is 2.03. The molecule has 0 heterocycles. The average molecular weight is 195 g/mol. The summed E-state index contributed by atoms with van der Waals surface area (Å²) in [6, 6.07) is 4.37. The van der Waals surface area contributed by atoms with Gasteiger partial charge in [-0.2, -0.15) is 13.2 Å². The summed E-state index contributed by atoms with van der Waals surface area (Å²) >= 11 is 0. The molecule has 0 fully saturated rings. The third-order valence-electron chi connectivity index (χ3n) is 1.44. The standard InChI is InChI=1S/C8H4F5/c9-7(10)5-3-1-2-4-6(5)8(11,12)13/h1,3-4,7H. The summed E-state index contributed by atoms with van der Waals surface area (Å²) in [6.45, 7) is 0. The van der Waals surface area contributed by atoms with Crippen LogP contribution in [0.5, 0.6) is 0 Å². The summed E-state index contributed by atoms with van der Waals surface area (Å²) in [7, 11) is 0. The summed E-state index contributed by atoms with van der Waals surface area (Å²) in [5.74, 6) is 0. The summed E-state index contributed by atoms with van der Waals surface area (Å²) in [4.78, 5) is 0. The van der Waals surface area contributed by atoms with E-state index in [-0.39, 0.29) is 0 Å². The topological polar surface area (TPSA) is 0 Å². The molecule has 1 radical (unpaired) electrons. The lowest BCUT2D eigenvalue weighted by molar-refractivity contribution is -0.139. The molecule has 1 aromatic rings. The van der Waals surface area contributed by atoms with Gasteiger partial charge in [0.05, 0.1) is 5.56 Å². The van der Waals surface area contributed by atoms with Crippen molar-refractivity contribution in [2.24, 2.45) is 0 Å². The number of hydrogen-bond donors (Lipinski definition) is 0. The number of halogens is 5. The van der Waals surface area contributed by atoms with Gasteiger partial charge in [0.2, 0.25) is 0 Å². The second kappa shape index (κ2) is 3.32. The van der Waals surface area contributed by atoms with Crippen molar-refractivity contribution in [3.05, 3.63) is 35.4 Å². The number of rotatable bonds is 1. The van der Waals surface area contributed by atoms with E-state index < -0.39 is 23.7 Å². The molecule has 0 aromatic heterocycles. The van der Waals surface area contributed by atoms with E-state index in [1.54, 1.807) is 0 Å². The summed E-state index contributed by atoms with van der Waals surface area (Å²) in [5.41, 5.74) is -2.34. The van der Waals surface area contributed by atoms with E-state index in [0.29, 0.717) is 12.1 Å². The third-order valence-corrected chi connectivity index (χ3v) is 1.44. The molecule has 0 aliphatic carbocycles. The molecular weight excluding hydrogens is 191 g/mol. The molecule has 0 saturated carbocycles. The maximum atomic E-state index is 12.1. The van der Waals surface area contributed by atoms with Gasteiger partial charge in [0, 0.05) is 5.56 Å². The zero-order valence-electron chi connectivity index (χ0n) is 6.20. The minimum Gasteiger partial charge on any atom is -0.205 e. The molecule has 13 heavy (non-hydrogen) atoms. The molecule has 0 bridgehead atoms. The maximum absolute atomic E-state index is 12.1. The predicted molar refractivity (Wildman–Crippen MR) is 35.2 cm³/mol. The first-order valence-corrected chi connectivity index (χ1v) is 3.28. The molecule has 0 spiro atoms. The Morgan fingerprint density at radius 3 is 2.23 bits per heavy atom. The van der Waals surface area contributed by atoms with E-state index in [1.807, 2.05) is 0 Å². The molecule has 0 aliphatic heterocycles. The van der Waals surface area contributed by atoms with Crippen LogP contribution in [0, 0.1) is 6.07 Å². The minimum atomic E-state index is -4.75. The molecule has 0 nitrogen and oxygen atoms in total. The van der Waals surface area contributed by atoms with Crippen LogP contribution in [0.3, 0.4) is 0 Å². The van der Waals surface area contributed by atoms with Gasteiger partial charge in [0.1, 0.15) is 0 Å². The Kier molecular flexibility index (Phi) is 2.54. The van der Waals surface area contributed by atoms with Crippen molar-refractivity contribution < 1.29 is 22.0 Å². The molecule has 0 amide bonds. The van der Waals surface area contributed by atoms with Crippen molar-refractivity contribution >= 4 is 0 Å². The zero-order chi connectivity index (χ0) is 10.1. The Labute approximate surface area is 71.0 Å². The fourth-order valence-corrected chi connectivity index (χ4v) is 0.878. The van der Waals surface area contributed by atoms with Crippen LogP contribution in [0.4, 0.5) is 22.0 Å². The molecule has 1 aromatic carbocycles. The highest BCUT2D eigenvalue weighted by molar-refractivity contribution is 5.29. The van der Waals surface area contributed by atoms with E-state index in [9.17, 15) is 22.0 Å². The molecule has 0 aliphatic rings. The van der Waals surface area contributed by atoms with Crippen LogP contribution >= 0.6 is 0 Å². The normalized spacial score (nSPS) is 12.2. The maximum Gasteiger partial charge on any atom is 0.416 e. The zero-order valence-corrected chi connectivity index (χ0v) is 6.20. The lowest BCUT2D eigenvalue weighted by Gasteiger charge is -2.10. The van der Waals surface area contributed by atoms with Gasteiger partial charge in [-0.1, -0.05) is 12.1 Å². The van der Waals surface area contributed by atoms with E-state index in [4.69, 9.17) is 0 Å². The second-order valence-corrected chi connectivity index (χ2v) is 2.31. The summed E-state index contributed by atoms with van der Waals surface area (Å²) in [6.07, 6.45) is -7.87. The highest BCUT2D eigenvalue weighted by Gasteiger charge is 2.35. The molecular formula is C8H4F5. The Morgan fingerprint density at radius 1 is 1.23 bits per heavy atom. The van der Waals surface area contributed by atoms with Crippen LogP contribution in [0.25, 0.3) is 0 Å². The van der Waals surface area contributed by atoms with Crippen molar-refractivity contribution in [3.63, 3.8) is 0 Å². The van der Waals surface area contributed by atoms with Gasteiger partial charge < -0.3 is 0 Å². The summed E-state index contributed by atoms with van der Waals surface area (Å²) < 4.78 is 60.3. The highest BCUT2D eigenvalue weighted by Crippen LogP contribution is 2.35. The molecule has 0 saturated heterocycles. The van der Waals surface area contributed by atoms with Gasteiger partial charge in [-0.3, -0.25) is 0 Å². The Balaban J connectivity index is 3.20. The van der Waals surface area contributed by atoms with Crippen molar-refractivity contribution in [2.75, 3.05) is 0 Å². The van der Waals surface area contributed by atoms with Gasteiger partial charge in [-0.15, -0.1) is 0 Å². The first-order chi connectivity index (χ1) is 5.93. The fraction of sp³-hybridized carbons (Fsp3) is 0.250. The first-order valence-electron chi connectivity index (χ1n) is 3.28. The lowest BCUT2D eigenvalue weighted by atomic mass is 10.1. The van der Waals surface area contributed by atoms with E-state index in [2.05, 4.69) is 6.07 Å². The van der Waals surface area contributed by atoms with Crippen molar-refractivity contribution in [3.8, 4) is 0 Å². The quantitative estimate of drug-likeness (QED) is 0.602. The highest BCUT2D eigenvalue weighted by atomic mass is 19.4. The summed E-state index contributed by atoms with van der Waals surface area (Å²) in [5, 5.41) is 0. The lowest BCUT2D eigenvalue weighted by Crippen LogP contribution is -2.09. The van der Waals surface area contributed by atoms with Crippen molar-refractivity contribution in [2.45, 2.75) is 12.6 Å². The molecule has 0 N–H and O–H groups in total. The van der Waals surface area contributed by atoms with Crippen molar-refractivity contribution in [1.82, 2.24) is 0 Å². The first kappa shape index (κ1) is 9.95. The van der Waals surface area contributed by atoms with Crippen LogP contribution in [-0.2, 0) is 6.18 Å². The minimum absolute atomic E-state index is 0.515. The van der Waals surface area contributed by atoms with E-state index in [0.717, 1.165) is 6.07 Å². The van der Waals surface area contributed by atoms with Gasteiger partial charge in [0.15, 0.2) is 0 Å². The predicted octanol–water partition coefficient (Wildman–Crippen LogP) is 3.44. The number of alkyl halides is 5. The molecule has 71 valence electrons. The van der Waals surface area contributed by atoms with Gasteiger partial charge in [-0.05, 0) is 12.1 Å². The second-order valence-electron chi connectivity index (χ2n) is 2.31. The largest absolute Gasteiger partial charge is 0.416 e. The van der Waals surface area contributed by atoms with Crippen LogP contribution < -0.4 is 0 Å². The van der Waals surface area contributed by atoms with Crippen LogP contribution in [0.15, 0.2) is 18.2 Å². The molecule has 0 atom stereocenters. The number of benzene rings is 1.